The average Bonchev–Trinajstić information content (AvgIpc) is 2.93. The molecule has 1 fully saturated rings. The maximum absolute atomic E-state index is 13.4. The molecule has 35 heavy (non-hydrogen) atoms. The van der Waals surface area contributed by atoms with E-state index < -0.39 is 6.10 Å². The molecule has 0 saturated carbocycles. The van der Waals surface area contributed by atoms with Gasteiger partial charge in [0.15, 0.2) is 6.10 Å². The molecule has 4 aromatic rings. The van der Waals surface area contributed by atoms with Gasteiger partial charge in [0, 0.05) is 26.2 Å². The van der Waals surface area contributed by atoms with Gasteiger partial charge < -0.3 is 9.64 Å². The van der Waals surface area contributed by atoms with Crippen molar-refractivity contribution in [2.75, 3.05) is 26.2 Å². The lowest BCUT2D eigenvalue weighted by Crippen LogP contribution is -2.53. The quantitative estimate of drug-likeness (QED) is 0.340. The van der Waals surface area contributed by atoms with Crippen LogP contribution < -0.4 is 4.74 Å². The Bertz CT molecular complexity index is 1210. The standard InChI is InChI=1S/C31H32N2O2/c1-2-29(35-28-18-17-24-11-9-10-16-27(24)23-28)31(34)33-21-19-32(20-22-33)30(25-12-5-3-6-13-25)26-14-7-4-8-15-26/h3-18,23,29-30H,2,19-22H2,1H3/t29-/m0/s1. The minimum absolute atomic E-state index is 0.0799. The first-order valence-electron chi connectivity index (χ1n) is 12.5. The van der Waals surface area contributed by atoms with Crippen LogP contribution in [0.3, 0.4) is 0 Å². The number of fused-ring (bicyclic) bond motifs is 1. The third-order valence-electron chi connectivity index (χ3n) is 6.87. The lowest BCUT2D eigenvalue weighted by Gasteiger charge is -2.40. The number of hydrogen-bond acceptors (Lipinski definition) is 3. The summed E-state index contributed by atoms with van der Waals surface area (Å²) in [6.45, 7) is 5.07. The van der Waals surface area contributed by atoms with Crippen molar-refractivity contribution >= 4 is 16.7 Å². The summed E-state index contributed by atoms with van der Waals surface area (Å²) in [5, 5.41) is 2.29. The van der Waals surface area contributed by atoms with Crippen molar-refractivity contribution in [2.24, 2.45) is 0 Å². The van der Waals surface area contributed by atoms with Crippen molar-refractivity contribution in [3.8, 4) is 5.75 Å². The molecule has 0 aliphatic carbocycles. The molecule has 4 aromatic carbocycles. The van der Waals surface area contributed by atoms with E-state index in [0.29, 0.717) is 19.5 Å². The van der Waals surface area contributed by atoms with E-state index in [1.807, 2.05) is 42.2 Å². The van der Waals surface area contributed by atoms with Crippen LogP contribution >= 0.6 is 0 Å². The molecular weight excluding hydrogens is 432 g/mol. The maximum Gasteiger partial charge on any atom is 0.263 e. The highest BCUT2D eigenvalue weighted by molar-refractivity contribution is 5.84. The zero-order valence-corrected chi connectivity index (χ0v) is 20.2. The van der Waals surface area contributed by atoms with Gasteiger partial charge in [0.25, 0.3) is 5.91 Å². The van der Waals surface area contributed by atoms with E-state index in [9.17, 15) is 4.79 Å². The van der Waals surface area contributed by atoms with E-state index in [0.717, 1.165) is 24.2 Å². The van der Waals surface area contributed by atoms with Gasteiger partial charge in [0.05, 0.1) is 6.04 Å². The average molecular weight is 465 g/mol. The molecule has 1 amide bonds. The minimum Gasteiger partial charge on any atom is -0.481 e. The summed E-state index contributed by atoms with van der Waals surface area (Å²) < 4.78 is 6.19. The Kier molecular flexibility index (Phi) is 7.10. The molecule has 1 aliphatic heterocycles. The monoisotopic (exact) mass is 464 g/mol. The third kappa shape index (κ3) is 5.23. The van der Waals surface area contributed by atoms with Gasteiger partial charge in [-0.1, -0.05) is 97.9 Å². The lowest BCUT2D eigenvalue weighted by atomic mass is 9.96. The van der Waals surface area contributed by atoms with Crippen LogP contribution in [0.15, 0.2) is 103 Å². The maximum atomic E-state index is 13.4. The summed E-state index contributed by atoms with van der Waals surface area (Å²) in [6, 6.07) is 35.7. The molecule has 1 heterocycles. The van der Waals surface area contributed by atoms with Gasteiger partial charge in [0.2, 0.25) is 0 Å². The molecule has 4 heteroatoms. The number of rotatable bonds is 7. The van der Waals surface area contributed by atoms with Crippen molar-refractivity contribution in [3.63, 3.8) is 0 Å². The SMILES string of the molecule is CC[C@H](Oc1ccc2ccccc2c1)C(=O)N1CCN(C(c2ccccc2)c2ccccc2)CC1. The first-order chi connectivity index (χ1) is 17.2. The Hall–Kier alpha value is -3.63. The van der Waals surface area contributed by atoms with E-state index in [-0.39, 0.29) is 11.9 Å². The number of carbonyl (C=O) groups is 1. The Labute approximate surface area is 207 Å². The van der Waals surface area contributed by atoms with Gasteiger partial charge in [-0.3, -0.25) is 9.69 Å². The zero-order valence-electron chi connectivity index (χ0n) is 20.2. The second-order valence-electron chi connectivity index (χ2n) is 9.11. The van der Waals surface area contributed by atoms with Crippen LogP contribution in [0.5, 0.6) is 5.75 Å². The van der Waals surface area contributed by atoms with Crippen molar-refractivity contribution in [3.05, 3.63) is 114 Å². The van der Waals surface area contributed by atoms with Gasteiger partial charge in [-0.15, -0.1) is 0 Å². The van der Waals surface area contributed by atoms with Gasteiger partial charge in [-0.2, -0.15) is 0 Å². The van der Waals surface area contributed by atoms with Crippen molar-refractivity contribution in [1.82, 2.24) is 9.80 Å². The van der Waals surface area contributed by atoms with Crippen molar-refractivity contribution in [1.29, 1.82) is 0 Å². The fourth-order valence-electron chi connectivity index (χ4n) is 5.00. The zero-order chi connectivity index (χ0) is 24.0. The first kappa shape index (κ1) is 23.1. The molecule has 5 rings (SSSR count). The number of carbonyl (C=O) groups excluding carboxylic acids is 1. The van der Waals surface area contributed by atoms with Crippen LogP contribution in [0.2, 0.25) is 0 Å². The molecule has 178 valence electrons. The number of amides is 1. The summed E-state index contributed by atoms with van der Waals surface area (Å²) in [5.41, 5.74) is 2.56. The summed E-state index contributed by atoms with van der Waals surface area (Å²) in [6.07, 6.45) is 0.171. The van der Waals surface area contributed by atoms with E-state index in [1.165, 1.54) is 16.5 Å². The largest absolute Gasteiger partial charge is 0.481 e. The van der Waals surface area contributed by atoms with Crippen LogP contribution in [-0.4, -0.2) is 48.0 Å². The van der Waals surface area contributed by atoms with Crippen LogP contribution in [0.25, 0.3) is 10.8 Å². The number of nitrogens with zero attached hydrogens (tertiary/aromatic N) is 2. The molecule has 0 spiro atoms. The van der Waals surface area contributed by atoms with Gasteiger partial charge in [-0.25, -0.2) is 0 Å². The first-order valence-corrected chi connectivity index (χ1v) is 12.5. The molecule has 1 saturated heterocycles. The van der Waals surface area contributed by atoms with Crippen LogP contribution in [0.4, 0.5) is 0 Å². The number of ether oxygens (including phenoxy) is 1. The predicted octanol–water partition coefficient (Wildman–Crippen LogP) is 5.93. The van der Waals surface area contributed by atoms with Crippen molar-refractivity contribution < 1.29 is 9.53 Å². The topological polar surface area (TPSA) is 32.8 Å². The Morgan fingerprint density at radius 1 is 0.743 bits per heavy atom. The molecule has 1 aliphatic rings. The second kappa shape index (κ2) is 10.7. The van der Waals surface area contributed by atoms with Gasteiger partial charge >= 0.3 is 0 Å². The van der Waals surface area contributed by atoms with E-state index in [2.05, 4.69) is 77.7 Å². The smallest absolute Gasteiger partial charge is 0.263 e. The summed E-state index contributed by atoms with van der Waals surface area (Å²) in [4.78, 5) is 17.9. The predicted molar refractivity (Wildman–Crippen MR) is 142 cm³/mol. The van der Waals surface area contributed by atoms with E-state index >= 15 is 0 Å². The highest BCUT2D eigenvalue weighted by atomic mass is 16.5. The number of piperazine rings is 1. The number of benzene rings is 4. The van der Waals surface area contributed by atoms with Crippen molar-refractivity contribution in [2.45, 2.75) is 25.5 Å². The fraction of sp³-hybridized carbons (Fsp3) is 0.258. The molecule has 0 N–H and O–H groups in total. The number of hydrogen-bond donors (Lipinski definition) is 0. The van der Waals surface area contributed by atoms with Gasteiger partial charge in [0.1, 0.15) is 5.75 Å². The van der Waals surface area contributed by atoms with E-state index in [1.54, 1.807) is 0 Å². The molecular formula is C31H32N2O2. The second-order valence-corrected chi connectivity index (χ2v) is 9.11. The van der Waals surface area contributed by atoms with E-state index in [4.69, 9.17) is 4.74 Å². The Morgan fingerprint density at radius 3 is 1.91 bits per heavy atom. The molecule has 0 unspecified atom stereocenters. The normalized spacial score (nSPS) is 15.3. The van der Waals surface area contributed by atoms with Crippen LogP contribution in [0.1, 0.15) is 30.5 Å². The molecule has 4 nitrogen and oxygen atoms in total. The van der Waals surface area contributed by atoms with Crippen LogP contribution in [-0.2, 0) is 4.79 Å². The fourth-order valence-corrected chi connectivity index (χ4v) is 5.00. The molecule has 0 bridgehead atoms. The summed E-state index contributed by atoms with van der Waals surface area (Å²) in [7, 11) is 0. The Morgan fingerprint density at radius 2 is 1.31 bits per heavy atom. The molecule has 0 aromatic heterocycles. The third-order valence-corrected chi connectivity index (χ3v) is 6.87. The Balaban J connectivity index is 1.27. The lowest BCUT2D eigenvalue weighted by molar-refractivity contribution is -0.140. The summed E-state index contributed by atoms with van der Waals surface area (Å²) >= 11 is 0. The summed E-state index contributed by atoms with van der Waals surface area (Å²) in [5.74, 6) is 0.826. The van der Waals surface area contributed by atoms with Crippen LogP contribution in [0, 0.1) is 0 Å². The molecule has 0 radical (unpaired) electrons. The minimum atomic E-state index is -0.471. The molecule has 1 atom stereocenters. The van der Waals surface area contributed by atoms with Gasteiger partial charge in [-0.05, 0) is 40.5 Å². The highest BCUT2D eigenvalue weighted by Gasteiger charge is 2.31. The highest BCUT2D eigenvalue weighted by Crippen LogP contribution is 2.30.